The summed E-state index contributed by atoms with van der Waals surface area (Å²) in [5.41, 5.74) is 1.40. The Bertz CT molecular complexity index is 683. The average Bonchev–Trinajstić information content (AvgIpc) is 2.61. The van der Waals surface area contributed by atoms with Crippen molar-refractivity contribution in [2.45, 2.75) is 50.9 Å². The number of amides is 1. The molecule has 2 aromatic carbocycles. The second-order valence-electron chi connectivity index (χ2n) is 7.56. The lowest BCUT2D eigenvalue weighted by Gasteiger charge is -2.33. The summed E-state index contributed by atoms with van der Waals surface area (Å²) in [7, 11) is 0. The van der Waals surface area contributed by atoms with Gasteiger partial charge in [-0.1, -0.05) is 66.7 Å². The number of nitrogens with one attached hydrogen (secondary N) is 1. The Morgan fingerprint density at radius 1 is 1.07 bits per heavy atom. The van der Waals surface area contributed by atoms with Gasteiger partial charge in [-0.2, -0.15) is 0 Å². The van der Waals surface area contributed by atoms with Gasteiger partial charge in [0.1, 0.15) is 5.60 Å². The third-order valence-electron chi connectivity index (χ3n) is 4.18. The van der Waals surface area contributed by atoms with E-state index in [9.17, 15) is 9.90 Å². The van der Waals surface area contributed by atoms with Gasteiger partial charge in [0.2, 0.25) is 0 Å². The topological polar surface area (TPSA) is 58.6 Å². The first-order chi connectivity index (χ1) is 12.8. The standard InChI is InChI=1S/C23H29NO3/c1-5-12-19(25)21(24-22(26)27-23(2,3)4)20(17-13-8-6-9-14-17)18-15-10-7-11-16-18/h5-11,13-16,19-21,25H,1,12H2,2-4H3,(H,24,26). The minimum absolute atomic E-state index is 0.227. The number of rotatable bonds is 7. The lowest BCUT2D eigenvalue weighted by atomic mass is 9.82. The van der Waals surface area contributed by atoms with E-state index in [1.54, 1.807) is 6.08 Å². The van der Waals surface area contributed by atoms with Crippen LogP contribution in [0.3, 0.4) is 0 Å². The molecule has 0 spiro atoms. The van der Waals surface area contributed by atoms with Gasteiger partial charge in [0.15, 0.2) is 0 Å². The first kappa shape index (κ1) is 20.7. The van der Waals surface area contributed by atoms with Crippen LogP contribution in [0.25, 0.3) is 0 Å². The number of carbonyl (C=O) groups excluding carboxylic acids is 1. The van der Waals surface area contributed by atoms with Crippen molar-refractivity contribution < 1.29 is 14.6 Å². The molecule has 0 aliphatic heterocycles. The van der Waals surface area contributed by atoms with Crippen LogP contribution in [0.15, 0.2) is 73.3 Å². The van der Waals surface area contributed by atoms with Crippen LogP contribution >= 0.6 is 0 Å². The van der Waals surface area contributed by atoms with Crippen LogP contribution in [0, 0.1) is 0 Å². The fourth-order valence-corrected chi connectivity index (χ4v) is 3.09. The SMILES string of the molecule is C=CCC(O)C(NC(=O)OC(C)(C)C)C(c1ccccc1)c1ccccc1. The average molecular weight is 367 g/mol. The maximum atomic E-state index is 12.5. The zero-order valence-corrected chi connectivity index (χ0v) is 16.3. The normalized spacial score (nSPS) is 13.7. The van der Waals surface area contributed by atoms with Gasteiger partial charge >= 0.3 is 6.09 Å². The summed E-state index contributed by atoms with van der Waals surface area (Å²) < 4.78 is 5.43. The number of aliphatic hydroxyl groups is 1. The predicted molar refractivity (Wildman–Crippen MR) is 109 cm³/mol. The predicted octanol–water partition coefficient (Wildman–Crippen LogP) is 4.65. The van der Waals surface area contributed by atoms with Crippen molar-refractivity contribution in [1.82, 2.24) is 5.32 Å². The van der Waals surface area contributed by atoms with Crippen molar-refractivity contribution in [2.75, 3.05) is 0 Å². The van der Waals surface area contributed by atoms with Gasteiger partial charge in [0, 0.05) is 5.92 Å². The molecule has 2 aromatic rings. The Morgan fingerprint density at radius 2 is 1.56 bits per heavy atom. The van der Waals surface area contributed by atoms with Gasteiger partial charge in [-0.05, 0) is 38.3 Å². The molecule has 0 bridgehead atoms. The third-order valence-corrected chi connectivity index (χ3v) is 4.18. The quantitative estimate of drug-likeness (QED) is 0.701. The highest BCUT2D eigenvalue weighted by Crippen LogP contribution is 2.30. The van der Waals surface area contributed by atoms with Gasteiger partial charge in [0.25, 0.3) is 0 Å². The molecule has 0 radical (unpaired) electrons. The minimum Gasteiger partial charge on any atom is -0.444 e. The van der Waals surface area contributed by atoms with E-state index in [2.05, 4.69) is 11.9 Å². The highest BCUT2D eigenvalue weighted by Gasteiger charge is 2.33. The number of aliphatic hydroxyl groups excluding tert-OH is 1. The Labute approximate surface area is 161 Å². The Morgan fingerprint density at radius 3 is 1.96 bits per heavy atom. The molecule has 0 aliphatic rings. The Hall–Kier alpha value is -2.59. The van der Waals surface area contributed by atoms with Crippen molar-refractivity contribution in [2.24, 2.45) is 0 Å². The molecule has 1 amide bonds. The van der Waals surface area contributed by atoms with E-state index in [0.29, 0.717) is 6.42 Å². The number of ether oxygens (including phenoxy) is 1. The molecule has 0 heterocycles. The zero-order chi connectivity index (χ0) is 19.9. The highest BCUT2D eigenvalue weighted by molar-refractivity contribution is 5.68. The monoisotopic (exact) mass is 367 g/mol. The van der Waals surface area contributed by atoms with Crippen LogP contribution in [0.4, 0.5) is 4.79 Å². The number of alkyl carbamates (subject to hydrolysis) is 1. The molecule has 4 nitrogen and oxygen atoms in total. The van der Waals surface area contributed by atoms with Gasteiger partial charge in [-0.15, -0.1) is 6.58 Å². The summed E-state index contributed by atoms with van der Waals surface area (Å²) in [6.07, 6.45) is 0.658. The molecule has 4 heteroatoms. The van der Waals surface area contributed by atoms with Gasteiger partial charge in [-0.25, -0.2) is 4.79 Å². The molecule has 2 N–H and O–H groups in total. The molecule has 0 fully saturated rings. The number of hydrogen-bond acceptors (Lipinski definition) is 3. The fraction of sp³-hybridized carbons (Fsp3) is 0.348. The summed E-state index contributed by atoms with van der Waals surface area (Å²) in [5, 5.41) is 13.7. The maximum absolute atomic E-state index is 12.5. The summed E-state index contributed by atoms with van der Waals surface area (Å²) in [5.74, 6) is -0.227. The van der Waals surface area contributed by atoms with Gasteiger partial charge in [-0.3, -0.25) is 0 Å². The molecule has 2 atom stereocenters. The van der Waals surface area contributed by atoms with E-state index < -0.39 is 23.8 Å². The van der Waals surface area contributed by atoms with Crippen LogP contribution in [-0.2, 0) is 4.74 Å². The highest BCUT2D eigenvalue weighted by atomic mass is 16.6. The number of carbonyl (C=O) groups is 1. The van der Waals surface area contributed by atoms with E-state index in [0.717, 1.165) is 11.1 Å². The van der Waals surface area contributed by atoms with Crippen LogP contribution in [-0.4, -0.2) is 28.9 Å². The summed E-state index contributed by atoms with van der Waals surface area (Å²) in [4.78, 5) is 12.5. The molecule has 2 unspecified atom stereocenters. The molecule has 27 heavy (non-hydrogen) atoms. The first-order valence-corrected chi connectivity index (χ1v) is 9.20. The summed E-state index contributed by atoms with van der Waals surface area (Å²) in [6, 6.07) is 19.2. The molecule has 144 valence electrons. The lowest BCUT2D eigenvalue weighted by molar-refractivity contribution is 0.0410. The number of benzene rings is 2. The molecule has 0 saturated heterocycles. The van der Waals surface area contributed by atoms with E-state index in [-0.39, 0.29) is 5.92 Å². The van der Waals surface area contributed by atoms with Gasteiger partial charge < -0.3 is 15.2 Å². The zero-order valence-electron chi connectivity index (χ0n) is 16.3. The molecular weight excluding hydrogens is 338 g/mol. The molecule has 0 aliphatic carbocycles. The van der Waals surface area contributed by atoms with Crippen LogP contribution in [0.2, 0.25) is 0 Å². The van der Waals surface area contributed by atoms with Gasteiger partial charge in [0.05, 0.1) is 12.1 Å². The second kappa shape index (κ2) is 9.38. The Balaban J connectivity index is 2.43. The van der Waals surface area contributed by atoms with E-state index >= 15 is 0 Å². The van der Waals surface area contributed by atoms with E-state index in [1.807, 2.05) is 81.4 Å². The fourth-order valence-electron chi connectivity index (χ4n) is 3.09. The molecule has 0 aromatic heterocycles. The molecule has 2 rings (SSSR count). The molecular formula is C23H29NO3. The Kier molecular flexibility index (Phi) is 7.19. The third kappa shape index (κ3) is 6.26. The van der Waals surface area contributed by atoms with E-state index in [4.69, 9.17) is 4.74 Å². The van der Waals surface area contributed by atoms with Crippen LogP contribution < -0.4 is 5.32 Å². The minimum atomic E-state index is -0.805. The first-order valence-electron chi connectivity index (χ1n) is 9.20. The lowest BCUT2D eigenvalue weighted by Crippen LogP contribution is -2.49. The largest absolute Gasteiger partial charge is 0.444 e. The van der Waals surface area contributed by atoms with Crippen LogP contribution in [0.5, 0.6) is 0 Å². The summed E-state index contributed by atoms with van der Waals surface area (Å²) >= 11 is 0. The van der Waals surface area contributed by atoms with E-state index in [1.165, 1.54) is 0 Å². The van der Waals surface area contributed by atoms with Crippen molar-refractivity contribution >= 4 is 6.09 Å². The molecule has 0 saturated carbocycles. The smallest absolute Gasteiger partial charge is 0.407 e. The summed E-state index contributed by atoms with van der Waals surface area (Å²) in [6.45, 7) is 9.16. The second-order valence-corrected chi connectivity index (χ2v) is 7.56. The van der Waals surface area contributed by atoms with Crippen molar-refractivity contribution in [3.8, 4) is 0 Å². The number of hydrogen-bond donors (Lipinski definition) is 2. The van der Waals surface area contributed by atoms with Crippen molar-refractivity contribution in [3.63, 3.8) is 0 Å². The van der Waals surface area contributed by atoms with Crippen LogP contribution in [0.1, 0.15) is 44.2 Å². The maximum Gasteiger partial charge on any atom is 0.407 e. The van der Waals surface area contributed by atoms with Crippen molar-refractivity contribution in [3.05, 3.63) is 84.4 Å². The van der Waals surface area contributed by atoms with Crippen molar-refractivity contribution in [1.29, 1.82) is 0 Å².